The molecule has 0 spiro atoms. The van der Waals surface area contributed by atoms with E-state index in [0.29, 0.717) is 30.2 Å². The predicted molar refractivity (Wildman–Crippen MR) is 153 cm³/mol. The molecule has 0 bridgehead atoms. The van der Waals surface area contributed by atoms with Gasteiger partial charge in [0.15, 0.2) is 0 Å². The maximum atomic E-state index is 13.1. The van der Waals surface area contributed by atoms with Gasteiger partial charge in [0.2, 0.25) is 5.82 Å². The number of nitrogens with one attached hydrogen (secondary N) is 2. The first-order valence-corrected chi connectivity index (χ1v) is 13.6. The molecule has 0 aliphatic rings. The lowest BCUT2D eigenvalue weighted by Gasteiger charge is -2.16. The van der Waals surface area contributed by atoms with Crippen molar-refractivity contribution >= 4 is 18.5 Å². The van der Waals surface area contributed by atoms with Gasteiger partial charge >= 0.3 is 0 Å². The van der Waals surface area contributed by atoms with Crippen molar-refractivity contribution in [1.29, 1.82) is 0 Å². The second-order valence-corrected chi connectivity index (χ2v) is 9.67. The number of aryl methyl sites for hydroxylation is 1. The average molecular weight is 539 g/mol. The molecule has 9 nitrogen and oxygen atoms in total. The molecule has 198 valence electrons. The second-order valence-electron chi connectivity index (χ2n) is 9.30. The van der Waals surface area contributed by atoms with E-state index in [0.717, 1.165) is 46.5 Å². The summed E-state index contributed by atoms with van der Waals surface area (Å²) in [4.78, 5) is 17.8. The Morgan fingerprint density at radius 1 is 1.03 bits per heavy atom. The number of tetrazole rings is 1. The van der Waals surface area contributed by atoms with Gasteiger partial charge in [0, 0.05) is 34.8 Å². The van der Waals surface area contributed by atoms with Gasteiger partial charge in [-0.15, -0.1) is 10.2 Å². The number of thiol groups is 1. The normalized spacial score (nSPS) is 11.8. The van der Waals surface area contributed by atoms with E-state index in [2.05, 4.69) is 62.7 Å². The Labute approximate surface area is 232 Å². The monoisotopic (exact) mass is 538 g/mol. The summed E-state index contributed by atoms with van der Waals surface area (Å²) in [6.07, 6.45) is 4.33. The fraction of sp³-hybridized carbons (Fsp3) is 0.241. The van der Waals surface area contributed by atoms with Crippen molar-refractivity contribution in [3.8, 4) is 22.6 Å². The van der Waals surface area contributed by atoms with Crippen LogP contribution in [-0.4, -0.2) is 53.1 Å². The standard InChI is InChI=1S/C29H30N8OS/c1-2-8-23-16-27(29(38)31-22(19-39)15-20-9-4-3-5-10-20)34-37(23)18-21-13-14-26(30-17-21)24-11-6-7-12-25(24)28-32-35-36-33-28/h3-7,9-14,16-17,22,39H,2,8,15,18-19H2,1H3,(H,31,38)(H,32,33,35,36). The molecule has 1 unspecified atom stereocenters. The van der Waals surface area contributed by atoms with E-state index < -0.39 is 0 Å². The van der Waals surface area contributed by atoms with Crippen molar-refractivity contribution in [1.82, 2.24) is 40.7 Å². The highest BCUT2D eigenvalue weighted by Crippen LogP contribution is 2.28. The Hall–Kier alpha value is -4.31. The maximum absolute atomic E-state index is 13.1. The minimum absolute atomic E-state index is 0.0879. The van der Waals surface area contributed by atoms with Crippen LogP contribution in [0.2, 0.25) is 0 Å². The minimum atomic E-state index is -0.187. The van der Waals surface area contributed by atoms with Crippen LogP contribution in [-0.2, 0) is 19.4 Å². The molecular formula is C29H30N8OS. The van der Waals surface area contributed by atoms with Crippen LogP contribution in [0, 0.1) is 0 Å². The number of hydrogen-bond acceptors (Lipinski definition) is 7. The first kappa shape index (κ1) is 26.3. The molecule has 0 saturated carbocycles. The Balaban J connectivity index is 1.31. The van der Waals surface area contributed by atoms with Crippen LogP contribution in [0.4, 0.5) is 0 Å². The van der Waals surface area contributed by atoms with E-state index in [-0.39, 0.29) is 11.9 Å². The SMILES string of the molecule is CCCc1cc(C(=O)NC(CS)Cc2ccccc2)nn1Cc1ccc(-c2ccccc2-c2nn[nH]n2)nc1. The first-order chi connectivity index (χ1) is 19.1. The smallest absolute Gasteiger partial charge is 0.272 e. The molecule has 1 atom stereocenters. The second kappa shape index (κ2) is 12.5. The van der Waals surface area contributed by atoms with E-state index in [1.54, 1.807) is 0 Å². The van der Waals surface area contributed by atoms with Crippen LogP contribution in [0.15, 0.2) is 79.0 Å². The van der Waals surface area contributed by atoms with Gasteiger partial charge in [-0.05, 0) is 41.3 Å². The number of rotatable bonds is 11. The summed E-state index contributed by atoms with van der Waals surface area (Å²) in [5, 5.41) is 22.2. The van der Waals surface area contributed by atoms with Crippen LogP contribution in [0.1, 0.15) is 40.7 Å². The van der Waals surface area contributed by atoms with E-state index in [9.17, 15) is 4.79 Å². The Morgan fingerprint density at radius 2 is 1.82 bits per heavy atom. The Bertz CT molecular complexity index is 1500. The molecule has 0 radical (unpaired) electrons. The third kappa shape index (κ3) is 6.40. The molecule has 5 rings (SSSR count). The average Bonchev–Trinajstić information content (AvgIpc) is 3.65. The van der Waals surface area contributed by atoms with Gasteiger partial charge in [-0.2, -0.15) is 22.9 Å². The molecular weight excluding hydrogens is 508 g/mol. The fourth-order valence-electron chi connectivity index (χ4n) is 4.51. The number of pyridine rings is 1. The van der Waals surface area contributed by atoms with Crippen molar-refractivity contribution in [3.05, 3.63) is 102 Å². The first-order valence-electron chi connectivity index (χ1n) is 12.9. The summed E-state index contributed by atoms with van der Waals surface area (Å²) in [6.45, 7) is 2.63. The topological polar surface area (TPSA) is 114 Å². The molecule has 2 aromatic carbocycles. The number of aromatic nitrogens is 7. The molecule has 0 aliphatic carbocycles. The van der Waals surface area contributed by atoms with Crippen molar-refractivity contribution in [3.63, 3.8) is 0 Å². The molecule has 2 N–H and O–H groups in total. The molecule has 5 aromatic rings. The van der Waals surface area contributed by atoms with Gasteiger partial charge in [0.25, 0.3) is 5.91 Å². The zero-order chi connectivity index (χ0) is 27.0. The number of benzene rings is 2. The number of aromatic amines is 1. The third-order valence-electron chi connectivity index (χ3n) is 6.43. The number of nitrogens with zero attached hydrogens (tertiary/aromatic N) is 6. The fourth-order valence-corrected chi connectivity index (χ4v) is 4.73. The van der Waals surface area contributed by atoms with Crippen LogP contribution in [0.25, 0.3) is 22.6 Å². The maximum Gasteiger partial charge on any atom is 0.272 e. The highest BCUT2D eigenvalue weighted by atomic mass is 32.1. The van der Waals surface area contributed by atoms with Crippen molar-refractivity contribution in [2.45, 2.75) is 38.8 Å². The molecule has 0 saturated heterocycles. The Kier molecular flexibility index (Phi) is 8.42. The van der Waals surface area contributed by atoms with Crippen LogP contribution in [0.3, 0.4) is 0 Å². The molecule has 3 aromatic heterocycles. The van der Waals surface area contributed by atoms with Gasteiger partial charge in [-0.25, -0.2) is 0 Å². The van der Waals surface area contributed by atoms with Crippen LogP contribution >= 0.6 is 12.6 Å². The van der Waals surface area contributed by atoms with Crippen LogP contribution < -0.4 is 5.32 Å². The van der Waals surface area contributed by atoms with Gasteiger partial charge < -0.3 is 5.32 Å². The molecule has 39 heavy (non-hydrogen) atoms. The number of H-pyrrole nitrogens is 1. The number of carbonyl (C=O) groups excluding carboxylic acids is 1. The molecule has 10 heteroatoms. The largest absolute Gasteiger partial charge is 0.347 e. The summed E-state index contributed by atoms with van der Waals surface area (Å²) in [5.41, 5.74) is 6.15. The number of hydrogen-bond donors (Lipinski definition) is 3. The van der Waals surface area contributed by atoms with E-state index in [1.807, 2.05) is 71.5 Å². The van der Waals surface area contributed by atoms with E-state index in [1.165, 1.54) is 0 Å². The lowest BCUT2D eigenvalue weighted by atomic mass is 10.0. The van der Waals surface area contributed by atoms with E-state index in [4.69, 9.17) is 4.98 Å². The number of amides is 1. The zero-order valence-electron chi connectivity index (χ0n) is 21.7. The van der Waals surface area contributed by atoms with Crippen molar-refractivity contribution in [2.24, 2.45) is 0 Å². The van der Waals surface area contributed by atoms with Gasteiger partial charge in [0.1, 0.15) is 5.69 Å². The predicted octanol–water partition coefficient (Wildman–Crippen LogP) is 4.40. The van der Waals surface area contributed by atoms with Crippen molar-refractivity contribution in [2.75, 3.05) is 5.75 Å². The van der Waals surface area contributed by atoms with Gasteiger partial charge in [-0.1, -0.05) is 74.0 Å². The van der Waals surface area contributed by atoms with Crippen LogP contribution in [0.5, 0.6) is 0 Å². The zero-order valence-corrected chi connectivity index (χ0v) is 22.6. The third-order valence-corrected chi connectivity index (χ3v) is 6.87. The number of carbonyl (C=O) groups is 1. The molecule has 0 fully saturated rings. The summed E-state index contributed by atoms with van der Waals surface area (Å²) < 4.78 is 1.90. The van der Waals surface area contributed by atoms with Gasteiger partial charge in [0.05, 0.1) is 12.2 Å². The molecule has 3 heterocycles. The summed E-state index contributed by atoms with van der Waals surface area (Å²) in [5.74, 6) is 0.872. The summed E-state index contributed by atoms with van der Waals surface area (Å²) >= 11 is 4.46. The van der Waals surface area contributed by atoms with Crippen molar-refractivity contribution < 1.29 is 4.79 Å². The molecule has 1 amide bonds. The molecule has 0 aliphatic heterocycles. The van der Waals surface area contributed by atoms with Gasteiger partial charge in [-0.3, -0.25) is 14.5 Å². The quantitative estimate of drug-likeness (QED) is 0.215. The summed E-state index contributed by atoms with van der Waals surface area (Å²) in [6, 6.07) is 23.7. The minimum Gasteiger partial charge on any atom is -0.347 e. The highest BCUT2D eigenvalue weighted by Gasteiger charge is 2.18. The Morgan fingerprint density at radius 3 is 2.51 bits per heavy atom. The lowest BCUT2D eigenvalue weighted by molar-refractivity contribution is 0.0935. The lowest BCUT2D eigenvalue weighted by Crippen LogP contribution is -2.38. The van der Waals surface area contributed by atoms with E-state index >= 15 is 0 Å². The summed E-state index contributed by atoms with van der Waals surface area (Å²) in [7, 11) is 0. The highest BCUT2D eigenvalue weighted by molar-refractivity contribution is 7.80.